The number of anilines is 1. The van der Waals surface area contributed by atoms with Gasteiger partial charge >= 0.3 is 0 Å². The molecule has 3 aromatic rings. The number of nitrogens with two attached hydrogens (primary N) is 1. The zero-order valence-electron chi connectivity index (χ0n) is 10.0. The number of benzene rings is 2. The van der Waals surface area contributed by atoms with Crippen LogP contribution >= 0.6 is 15.9 Å². The van der Waals surface area contributed by atoms with Gasteiger partial charge in [-0.15, -0.1) is 0 Å². The number of halogens is 1. The lowest BCUT2D eigenvalue weighted by atomic mass is 10.1. The predicted octanol–water partition coefficient (Wildman–Crippen LogP) is 4.37. The number of rotatable bonds is 2. The summed E-state index contributed by atoms with van der Waals surface area (Å²) in [6, 6.07) is 15.1. The summed E-state index contributed by atoms with van der Waals surface area (Å²) < 4.78 is 6.85. The average Bonchev–Trinajstić information content (AvgIpc) is 2.42. The Labute approximate surface area is 119 Å². The van der Waals surface area contributed by atoms with Crippen molar-refractivity contribution in [2.24, 2.45) is 0 Å². The number of hydrogen-bond donors (Lipinski definition) is 1. The van der Waals surface area contributed by atoms with Crippen LogP contribution in [-0.2, 0) is 0 Å². The molecule has 0 saturated carbocycles. The van der Waals surface area contributed by atoms with E-state index in [0.717, 1.165) is 21.1 Å². The van der Waals surface area contributed by atoms with Gasteiger partial charge in [0.2, 0.25) is 0 Å². The molecule has 0 aliphatic rings. The van der Waals surface area contributed by atoms with E-state index >= 15 is 0 Å². The Bertz CT molecular complexity index is 743. The topological polar surface area (TPSA) is 48.1 Å². The fraction of sp³-hybridized carbons (Fsp3) is 0. The molecule has 0 unspecified atom stereocenters. The van der Waals surface area contributed by atoms with Gasteiger partial charge in [0.05, 0.1) is 0 Å². The van der Waals surface area contributed by atoms with E-state index in [9.17, 15) is 0 Å². The largest absolute Gasteiger partial charge is 0.455 e. The summed E-state index contributed by atoms with van der Waals surface area (Å²) in [5.74, 6) is 1.45. The molecule has 0 aliphatic heterocycles. The normalized spacial score (nSPS) is 10.6. The minimum absolute atomic E-state index is 0.697. The Morgan fingerprint density at radius 1 is 1.05 bits per heavy atom. The standard InChI is InChI=1S/C15H11BrN2O/c16-10-3-1-4-11(9-10)19-14-7-6-13(17)12-5-2-8-18-15(12)14/h1-9H,17H2. The third kappa shape index (κ3) is 2.39. The van der Waals surface area contributed by atoms with Crippen LogP contribution in [0, 0.1) is 0 Å². The molecule has 2 aromatic carbocycles. The number of hydrogen-bond acceptors (Lipinski definition) is 3. The van der Waals surface area contributed by atoms with Crippen LogP contribution in [0.4, 0.5) is 5.69 Å². The predicted molar refractivity (Wildman–Crippen MR) is 80.4 cm³/mol. The van der Waals surface area contributed by atoms with Crippen molar-refractivity contribution in [3.8, 4) is 11.5 Å². The first-order valence-electron chi connectivity index (χ1n) is 5.81. The molecule has 2 N–H and O–H groups in total. The maximum atomic E-state index is 5.94. The van der Waals surface area contributed by atoms with Crippen molar-refractivity contribution in [1.29, 1.82) is 0 Å². The van der Waals surface area contributed by atoms with E-state index in [-0.39, 0.29) is 0 Å². The van der Waals surface area contributed by atoms with Crippen molar-refractivity contribution < 1.29 is 4.74 Å². The monoisotopic (exact) mass is 314 g/mol. The maximum absolute atomic E-state index is 5.94. The summed E-state index contributed by atoms with van der Waals surface area (Å²) >= 11 is 3.42. The minimum atomic E-state index is 0.697. The van der Waals surface area contributed by atoms with Crippen molar-refractivity contribution in [3.63, 3.8) is 0 Å². The smallest absolute Gasteiger partial charge is 0.153 e. The summed E-state index contributed by atoms with van der Waals surface area (Å²) in [6.45, 7) is 0. The second-order valence-corrected chi connectivity index (χ2v) is 5.03. The van der Waals surface area contributed by atoms with Crippen LogP contribution in [0.5, 0.6) is 11.5 Å². The summed E-state index contributed by atoms with van der Waals surface area (Å²) in [5, 5.41) is 0.898. The first-order chi connectivity index (χ1) is 9.24. The molecule has 0 amide bonds. The van der Waals surface area contributed by atoms with Crippen LogP contribution < -0.4 is 10.5 Å². The molecule has 3 rings (SSSR count). The molecule has 1 heterocycles. The first-order valence-corrected chi connectivity index (χ1v) is 6.60. The molecule has 0 fully saturated rings. The molecule has 0 radical (unpaired) electrons. The van der Waals surface area contributed by atoms with Crippen LogP contribution in [-0.4, -0.2) is 4.98 Å². The lowest BCUT2D eigenvalue weighted by molar-refractivity contribution is 0.487. The number of nitrogen functional groups attached to an aromatic ring is 1. The Morgan fingerprint density at radius 2 is 1.95 bits per heavy atom. The molecule has 94 valence electrons. The highest BCUT2D eigenvalue weighted by atomic mass is 79.9. The lowest BCUT2D eigenvalue weighted by Gasteiger charge is -2.09. The van der Waals surface area contributed by atoms with Crippen LogP contribution in [0.1, 0.15) is 0 Å². The van der Waals surface area contributed by atoms with E-state index in [1.165, 1.54) is 0 Å². The van der Waals surface area contributed by atoms with E-state index in [0.29, 0.717) is 11.4 Å². The van der Waals surface area contributed by atoms with Crippen LogP contribution in [0.15, 0.2) is 59.2 Å². The van der Waals surface area contributed by atoms with Crippen LogP contribution in [0.25, 0.3) is 10.9 Å². The second-order valence-electron chi connectivity index (χ2n) is 4.11. The Kier molecular flexibility index (Phi) is 3.09. The van der Waals surface area contributed by atoms with Crippen molar-refractivity contribution in [1.82, 2.24) is 4.98 Å². The van der Waals surface area contributed by atoms with E-state index in [1.807, 2.05) is 48.5 Å². The van der Waals surface area contributed by atoms with E-state index in [2.05, 4.69) is 20.9 Å². The van der Waals surface area contributed by atoms with Crippen molar-refractivity contribution >= 4 is 32.5 Å². The van der Waals surface area contributed by atoms with Crippen molar-refractivity contribution in [2.45, 2.75) is 0 Å². The highest BCUT2D eigenvalue weighted by molar-refractivity contribution is 9.10. The van der Waals surface area contributed by atoms with Crippen LogP contribution in [0.2, 0.25) is 0 Å². The molecular weight excluding hydrogens is 304 g/mol. The zero-order valence-corrected chi connectivity index (χ0v) is 11.6. The van der Waals surface area contributed by atoms with E-state index < -0.39 is 0 Å². The fourth-order valence-corrected chi connectivity index (χ4v) is 2.29. The van der Waals surface area contributed by atoms with Gasteiger partial charge in [-0.2, -0.15) is 0 Å². The molecule has 3 nitrogen and oxygen atoms in total. The average molecular weight is 315 g/mol. The summed E-state index contributed by atoms with van der Waals surface area (Å²) in [7, 11) is 0. The van der Waals surface area contributed by atoms with Gasteiger partial charge in [0.25, 0.3) is 0 Å². The highest BCUT2D eigenvalue weighted by Crippen LogP contribution is 2.32. The van der Waals surface area contributed by atoms with Gasteiger partial charge in [0, 0.05) is 21.7 Å². The Balaban J connectivity index is 2.09. The van der Waals surface area contributed by atoms with Crippen molar-refractivity contribution in [2.75, 3.05) is 5.73 Å². The third-order valence-corrected chi connectivity index (χ3v) is 3.28. The van der Waals surface area contributed by atoms with Gasteiger partial charge in [-0.05, 0) is 42.5 Å². The SMILES string of the molecule is Nc1ccc(Oc2cccc(Br)c2)c2ncccc12. The number of nitrogens with zero attached hydrogens (tertiary/aromatic N) is 1. The van der Waals surface area contributed by atoms with Gasteiger partial charge < -0.3 is 10.5 Å². The molecule has 0 aliphatic carbocycles. The Morgan fingerprint density at radius 3 is 2.79 bits per heavy atom. The molecule has 1 aromatic heterocycles. The molecule has 0 spiro atoms. The number of ether oxygens (including phenoxy) is 1. The highest BCUT2D eigenvalue weighted by Gasteiger charge is 2.07. The Hall–Kier alpha value is -2.07. The number of pyridine rings is 1. The quantitative estimate of drug-likeness (QED) is 0.714. The van der Waals surface area contributed by atoms with Gasteiger partial charge in [-0.3, -0.25) is 4.98 Å². The summed E-state index contributed by atoms with van der Waals surface area (Å²) in [6.07, 6.45) is 1.73. The first kappa shape index (κ1) is 12.0. The van der Waals surface area contributed by atoms with Crippen molar-refractivity contribution in [3.05, 3.63) is 59.2 Å². The van der Waals surface area contributed by atoms with E-state index in [4.69, 9.17) is 10.5 Å². The molecule has 4 heteroatoms. The molecule has 0 saturated heterocycles. The third-order valence-electron chi connectivity index (χ3n) is 2.79. The maximum Gasteiger partial charge on any atom is 0.153 e. The second kappa shape index (κ2) is 4.90. The molecule has 19 heavy (non-hydrogen) atoms. The number of aromatic nitrogens is 1. The lowest BCUT2D eigenvalue weighted by Crippen LogP contribution is -1.92. The summed E-state index contributed by atoms with van der Waals surface area (Å²) in [4.78, 5) is 4.34. The van der Waals surface area contributed by atoms with E-state index in [1.54, 1.807) is 6.20 Å². The summed E-state index contributed by atoms with van der Waals surface area (Å²) in [5.41, 5.74) is 7.40. The molecule has 0 atom stereocenters. The van der Waals surface area contributed by atoms with Crippen LogP contribution in [0.3, 0.4) is 0 Å². The fourth-order valence-electron chi connectivity index (χ4n) is 1.91. The minimum Gasteiger partial charge on any atom is -0.455 e. The van der Waals surface area contributed by atoms with Gasteiger partial charge in [0.1, 0.15) is 11.3 Å². The van der Waals surface area contributed by atoms with Gasteiger partial charge in [0.15, 0.2) is 5.75 Å². The van der Waals surface area contributed by atoms with Gasteiger partial charge in [-0.25, -0.2) is 0 Å². The molecular formula is C15H11BrN2O. The van der Waals surface area contributed by atoms with Gasteiger partial charge in [-0.1, -0.05) is 22.0 Å². The zero-order chi connectivity index (χ0) is 13.2. The molecule has 0 bridgehead atoms. The number of fused-ring (bicyclic) bond motifs is 1.